The molecule has 1 saturated heterocycles. The Balaban J connectivity index is 2.09. The van der Waals surface area contributed by atoms with Gasteiger partial charge in [0.1, 0.15) is 5.82 Å². The number of benzene rings is 1. The summed E-state index contributed by atoms with van der Waals surface area (Å²) < 4.78 is 12.8. The maximum atomic E-state index is 12.8. The van der Waals surface area contributed by atoms with Crippen molar-refractivity contribution in [1.82, 2.24) is 5.32 Å². The van der Waals surface area contributed by atoms with Crippen molar-refractivity contribution in [2.24, 2.45) is 0 Å². The predicted octanol–water partition coefficient (Wildman–Crippen LogP) is 3.24. The van der Waals surface area contributed by atoms with Gasteiger partial charge in [-0.2, -0.15) is 0 Å². The third-order valence-electron chi connectivity index (χ3n) is 2.57. The van der Waals surface area contributed by atoms with Crippen LogP contribution in [0.4, 0.5) is 4.39 Å². The van der Waals surface area contributed by atoms with Crippen molar-refractivity contribution in [2.45, 2.75) is 18.9 Å². The maximum Gasteiger partial charge on any atom is 0.124 e. The smallest absolute Gasteiger partial charge is 0.124 e. The Labute approximate surface area is 93.9 Å². The standard InChI is InChI=1S/C12H13ClFN/c13-12-8-10(14)5-3-9(12)4-6-11-2-1-7-15-11/h3-6,8,11,15H,1-2,7H2/b6-4+. The summed E-state index contributed by atoms with van der Waals surface area (Å²) in [6.07, 6.45) is 6.42. The molecule has 1 unspecified atom stereocenters. The average molecular weight is 226 g/mol. The molecule has 1 atom stereocenters. The molecule has 1 heterocycles. The van der Waals surface area contributed by atoms with Crippen LogP contribution in [0.3, 0.4) is 0 Å². The third-order valence-corrected chi connectivity index (χ3v) is 2.90. The van der Waals surface area contributed by atoms with Crippen molar-refractivity contribution in [1.29, 1.82) is 0 Å². The van der Waals surface area contributed by atoms with E-state index in [9.17, 15) is 4.39 Å². The molecule has 1 aromatic carbocycles. The fraction of sp³-hybridized carbons (Fsp3) is 0.333. The molecule has 1 N–H and O–H groups in total. The summed E-state index contributed by atoms with van der Waals surface area (Å²) >= 11 is 5.90. The molecule has 3 heteroatoms. The van der Waals surface area contributed by atoms with Crippen LogP contribution in [-0.4, -0.2) is 12.6 Å². The Hall–Kier alpha value is -0.860. The Morgan fingerprint density at radius 1 is 1.47 bits per heavy atom. The lowest BCUT2D eigenvalue weighted by molar-refractivity contribution is 0.628. The molecule has 0 amide bonds. The lowest BCUT2D eigenvalue weighted by atomic mass is 10.1. The fourth-order valence-electron chi connectivity index (χ4n) is 1.73. The largest absolute Gasteiger partial charge is 0.311 e. The van der Waals surface area contributed by atoms with E-state index < -0.39 is 0 Å². The van der Waals surface area contributed by atoms with Crippen LogP contribution in [0.15, 0.2) is 24.3 Å². The van der Waals surface area contributed by atoms with Crippen LogP contribution in [0.2, 0.25) is 5.02 Å². The monoisotopic (exact) mass is 225 g/mol. The van der Waals surface area contributed by atoms with Crippen molar-refractivity contribution in [3.8, 4) is 0 Å². The minimum atomic E-state index is -0.295. The molecule has 0 spiro atoms. The molecule has 1 aromatic rings. The van der Waals surface area contributed by atoms with Crippen molar-refractivity contribution in [3.05, 3.63) is 40.7 Å². The molecule has 1 aliphatic rings. The highest BCUT2D eigenvalue weighted by atomic mass is 35.5. The molecular weight excluding hydrogens is 213 g/mol. The molecule has 0 bridgehead atoms. The van der Waals surface area contributed by atoms with Gasteiger partial charge in [0.25, 0.3) is 0 Å². The normalized spacial score (nSPS) is 21.3. The van der Waals surface area contributed by atoms with Crippen LogP contribution in [0, 0.1) is 5.82 Å². The topological polar surface area (TPSA) is 12.0 Å². The van der Waals surface area contributed by atoms with Gasteiger partial charge < -0.3 is 5.32 Å². The first-order valence-corrected chi connectivity index (χ1v) is 5.50. The molecule has 1 nitrogen and oxygen atoms in total. The minimum Gasteiger partial charge on any atom is -0.311 e. The molecular formula is C12H13ClFN. The van der Waals surface area contributed by atoms with Crippen LogP contribution in [0.25, 0.3) is 6.08 Å². The maximum absolute atomic E-state index is 12.8. The van der Waals surface area contributed by atoms with Gasteiger partial charge >= 0.3 is 0 Å². The van der Waals surface area contributed by atoms with Crippen LogP contribution in [-0.2, 0) is 0 Å². The first-order valence-electron chi connectivity index (χ1n) is 5.12. The first kappa shape index (κ1) is 10.7. The average Bonchev–Trinajstić information content (AvgIpc) is 2.69. The molecule has 1 fully saturated rings. The Morgan fingerprint density at radius 3 is 3.00 bits per heavy atom. The van der Waals surface area contributed by atoms with E-state index >= 15 is 0 Å². The van der Waals surface area contributed by atoms with Gasteiger partial charge in [0.15, 0.2) is 0 Å². The van der Waals surface area contributed by atoms with Gasteiger partial charge in [-0.15, -0.1) is 0 Å². The van der Waals surface area contributed by atoms with Crippen molar-refractivity contribution < 1.29 is 4.39 Å². The number of nitrogens with one attached hydrogen (secondary N) is 1. The lowest BCUT2D eigenvalue weighted by Gasteiger charge is -2.03. The van der Waals surface area contributed by atoms with Gasteiger partial charge in [0.2, 0.25) is 0 Å². The van der Waals surface area contributed by atoms with Gasteiger partial charge in [-0.1, -0.05) is 29.8 Å². The van der Waals surface area contributed by atoms with Gasteiger partial charge in [0.05, 0.1) is 5.02 Å². The zero-order chi connectivity index (χ0) is 10.7. The molecule has 1 aliphatic heterocycles. The SMILES string of the molecule is Fc1ccc(/C=C/C2CCCN2)c(Cl)c1. The predicted molar refractivity (Wildman–Crippen MR) is 61.5 cm³/mol. The van der Waals surface area contributed by atoms with Crippen molar-refractivity contribution >= 4 is 17.7 Å². The van der Waals surface area contributed by atoms with Crippen LogP contribution >= 0.6 is 11.6 Å². The summed E-state index contributed by atoms with van der Waals surface area (Å²) in [4.78, 5) is 0. The highest BCUT2D eigenvalue weighted by Gasteiger charge is 2.09. The summed E-state index contributed by atoms with van der Waals surface area (Å²) in [5.41, 5.74) is 0.867. The quantitative estimate of drug-likeness (QED) is 0.815. The van der Waals surface area contributed by atoms with E-state index in [0.29, 0.717) is 11.1 Å². The van der Waals surface area contributed by atoms with Crippen molar-refractivity contribution in [2.75, 3.05) is 6.54 Å². The number of hydrogen-bond donors (Lipinski definition) is 1. The van der Waals surface area contributed by atoms with E-state index in [2.05, 4.69) is 11.4 Å². The minimum absolute atomic E-state index is 0.295. The van der Waals surface area contributed by atoms with E-state index in [1.165, 1.54) is 18.6 Å². The van der Waals surface area contributed by atoms with Gasteiger partial charge in [0, 0.05) is 6.04 Å². The van der Waals surface area contributed by atoms with E-state index in [0.717, 1.165) is 18.5 Å². The second-order valence-electron chi connectivity index (χ2n) is 3.73. The summed E-state index contributed by atoms with van der Waals surface area (Å²) in [6.45, 7) is 1.08. The molecule has 0 saturated carbocycles. The molecule has 0 radical (unpaired) electrons. The molecule has 2 rings (SSSR count). The summed E-state index contributed by atoms with van der Waals surface area (Å²) in [5.74, 6) is -0.295. The zero-order valence-corrected chi connectivity index (χ0v) is 9.10. The Kier molecular flexibility index (Phi) is 3.39. The van der Waals surface area contributed by atoms with E-state index in [-0.39, 0.29) is 5.82 Å². The Bertz CT molecular complexity index is 370. The third kappa shape index (κ3) is 2.80. The van der Waals surface area contributed by atoms with Crippen LogP contribution in [0.5, 0.6) is 0 Å². The van der Waals surface area contributed by atoms with E-state index in [4.69, 9.17) is 11.6 Å². The number of halogens is 2. The van der Waals surface area contributed by atoms with Gasteiger partial charge in [-0.05, 0) is 37.1 Å². The highest BCUT2D eigenvalue weighted by molar-refractivity contribution is 6.32. The lowest BCUT2D eigenvalue weighted by Crippen LogP contribution is -2.17. The zero-order valence-electron chi connectivity index (χ0n) is 8.34. The molecule has 15 heavy (non-hydrogen) atoms. The summed E-state index contributed by atoms with van der Waals surface area (Å²) in [5, 5.41) is 3.82. The summed E-state index contributed by atoms with van der Waals surface area (Å²) in [6, 6.07) is 4.89. The molecule has 80 valence electrons. The van der Waals surface area contributed by atoms with Crippen LogP contribution in [0.1, 0.15) is 18.4 Å². The van der Waals surface area contributed by atoms with Crippen LogP contribution < -0.4 is 5.32 Å². The first-order chi connectivity index (χ1) is 7.25. The fourth-order valence-corrected chi connectivity index (χ4v) is 1.96. The number of rotatable bonds is 2. The van der Waals surface area contributed by atoms with Gasteiger partial charge in [-0.25, -0.2) is 4.39 Å². The van der Waals surface area contributed by atoms with E-state index in [1.807, 2.05) is 6.08 Å². The Morgan fingerprint density at radius 2 is 2.33 bits per heavy atom. The molecule has 0 aromatic heterocycles. The molecule has 0 aliphatic carbocycles. The highest BCUT2D eigenvalue weighted by Crippen LogP contribution is 2.19. The second kappa shape index (κ2) is 4.77. The number of hydrogen-bond acceptors (Lipinski definition) is 1. The van der Waals surface area contributed by atoms with Gasteiger partial charge in [-0.3, -0.25) is 0 Å². The second-order valence-corrected chi connectivity index (χ2v) is 4.13. The van der Waals surface area contributed by atoms with E-state index in [1.54, 1.807) is 6.07 Å². The van der Waals surface area contributed by atoms with Crippen molar-refractivity contribution in [3.63, 3.8) is 0 Å². The summed E-state index contributed by atoms with van der Waals surface area (Å²) in [7, 11) is 0.